The summed E-state index contributed by atoms with van der Waals surface area (Å²) >= 11 is 7.33. The lowest BCUT2D eigenvalue weighted by Crippen LogP contribution is -2.32. The van der Waals surface area contributed by atoms with E-state index in [1.807, 2.05) is 19.2 Å². The molecule has 0 saturated carbocycles. The second-order valence-electron chi connectivity index (χ2n) is 4.10. The summed E-state index contributed by atoms with van der Waals surface area (Å²) in [4.78, 5) is 23.1. The summed E-state index contributed by atoms with van der Waals surface area (Å²) in [6, 6.07) is 1.75. The van der Waals surface area contributed by atoms with Gasteiger partial charge < -0.3 is 4.90 Å². The number of rotatable bonds is 4. The largest absolute Gasteiger partial charge is 0.302 e. The van der Waals surface area contributed by atoms with Crippen molar-refractivity contribution in [1.82, 2.24) is 9.97 Å². The van der Waals surface area contributed by atoms with E-state index in [-0.39, 0.29) is 11.8 Å². The van der Waals surface area contributed by atoms with Crippen molar-refractivity contribution in [3.05, 3.63) is 40.1 Å². The summed E-state index contributed by atoms with van der Waals surface area (Å²) in [5.41, 5.74) is 1.99. The molecule has 0 atom stereocenters. The number of hydrogen-bond donors (Lipinski definition) is 0. The minimum Gasteiger partial charge on any atom is -0.302 e. The maximum absolute atomic E-state index is 12.1. The number of halogens is 1. The van der Waals surface area contributed by atoms with Crippen molar-refractivity contribution in [2.24, 2.45) is 0 Å². The van der Waals surface area contributed by atoms with E-state index in [4.69, 9.17) is 11.6 Å². The molecule has 0 N–H and O–H groups in total. The van der Waals surface area contributed by atoms with Gasteiger partial charge in [0.2, 0.25) is 5.91 Å². The van der Waals surface area contributed by atoms with Crippen LogP contribution in [0.25, 0.3) is 0 Å². The van der Waals surface area contributed by atoms with Crippen LogP contribution in [0.1, 0.15) is 16.3 Å². The van der Waals surface area contributed by atoms with Gasteiger partial charge in [-0.3, -0.25) is 4.79 Å². The second kappa shape index (κ2) is 6.12. The Labute approximate surface area is 121 Å². The first-order chi connectivity index (χ1) is 9.13. The Kier molecular flexibility index (Phi) is 4.50. The van der Waals surface area contributed by atoms with Gasteiger partial charge >= 0.3 is 0 Å². The predicted molar refractivity (Wildman–Crippen MR) is 77.7 cm³/mol. The van der Waals surface area contributed by atoms with Crippen LogP contribution in [0.4, 0.5) is 5.69 Å². The van der Waals surface area contributed by atoms with Crippen molar-refractivity contribution in [1.29, 1.82) is 0 Å². The van der Waals surface area contributed by atoms with Crippen LogP contribution in [0.3, 0.4) is 0 Å². The van der Waals surface area contributed by atoms with Gasteiger partial charge in [0.15, 0.2) is 0 Å². The molecular formula is C13H14ClN3OS. The molecule has 0 aromatic carbocycles. The van der Waals surface area contributed by atoms with Crippen LogP contribution in [-0.2, 0) is 11.3 Å². The molecule has 0 radical (unpaired) electrons. The Hall–Kier alpha value is -1.46. The topological polar surface area (TPSA) is 46.1 Å². The molecule has 2 heterocycles. The van der Waals surface area contributed by atoms with Crippen LogP contribution in [-0.4, -0.2) is 21.8 Å². The fraction of sp³-hybridized carbons (Fsp3) is 0.308. The zero-order valence-corrected chi connectivity index (χ0v) is 12.3. The number of hydrogen-bond acceptors (Lipinski definition) is 4. The van der Waals surface area contributed by atoms with Gasteiger partial charge in [-0.1, -0.05) is 0 Å². The molecule has 0 aliphatic carbocycles. The highest BCUT2D eigenvalue weighted by molar-refractivity contribution is 7.10. The molecule has 4 nitrogen and oxygen atoms in total. The number of aryl methyl sites for hydroxylation is 2. The van der Waals surface area contributed by atoms with Crippen molar-refractivity contribution in [2.45, 2.75) is 20.4 Å². The van der Waals surface area contributed by atoms with Gasteiger partial charge in [0, 0.05) is 17.3 Å². The van der Waals surface area contributed by atoms with E-state index in [0.29, 0.717) is 12.4 Å². The molecule has 100 valence electrons. The SMILES string of the molecule is Cc1csc(C)c1N(Cc1ncccn1)C(=O)CCl. The number of amides is 1. The third-order valence-electron chi connectivity index (χ3n) is 2.72. The Balaban J connectivity index is 2.35. The molecule has 0 fully saturated rings. The standard InChI is InChI=1S/C13H14ClN3OS/c1-9-8-19-10(2)13(9)17(12(18)6-14)7-11-15-4-3-5-16-11/h3-5,8H,6-7H2,1-2H3. The molecule has 0 saturated heterocycles. The summed E-state index contributed by atoms with van der Waals surface area (Å²) in [5.74, 6) is 0.409. The molecule has 6 heteroatoms. The molecule has 2 aromatic rings. The van der Waals surface area contributed by atoms with Gasteiger partial charge in [0.05, 0.1) is 12.2 Å². The smallest absolute Gasteiger partial charge is 0.242 e. The molecule has 0 bridgehead atoms. The van der Waals surface area contributed by atoms with Crippen molar-refractivity contribution < 1.29 is 4.79 Å². The molecule has 2 rings (SSSR count). The van der Waals surface area contributed by atoms with Crippen LogP contribution in [0.5, 0.6) is 0 Å². The maximum Gasteiger partial charge on any atom is 0.242 e. The Morgan fingerprint density at radius 3 is 2.58 bits per heavy atom. The van der Waals surface area contributed by atoms with Crippen molar-refractivity contribution in [2.75, 3.05) is 10.8 Å². The third-order valence-corrected chi connectivity index (χ3v) is 3.97. The second-order valence-corrected chi connectivity index (χ2v) is 5.45. The highest BCUT2D eigenvalue weighted by atomic mass is 35.5. The number of thiophene rings is 1. The molecular weight excluding hydrogens is 282 g/mol. The minimum atomic E-state index is -0.140. The quantitative estimate of drug-likeness (QED) is 0.815. The van der Waals surface area contributed by atoms with E-state index in [1.54, 1.807) is 34.7 Å². The van der Waals surface area contributed by atoms with Crippen molar-refractivity contribution in [3.63, 3.8) is 0 Å². The summed E-state index contributed by atoms with van der Waals surface area (Å²) in [6.07, 6.45) is 3.33. The minimum absolute atomic E-state index is 0.0540. The summed E-state index contributed by atoms with van der Waals surface area (Å²) in [5, 5.41) is 2.03. The van der Waals surface area contributed by atoms with E-state index in [9.17, 15) is 4.79 Å². The summed E-state index contributed by atoms with van der Waals surface area (Å²) < 4.78 is 0. The van der Waals surface area contributed by atoms with Crippen LogP contribution < -0.4 is 4.90 Å². The van der Waals surface area contributed by atoms with E-state index >= 15 is 0 Å². The van der Waals surface area contributed by atoms with Crippen molar-refractivity contribution >= 4 is 34.5 Å². The monoisotopic (exact) mass is 295 g/mol. The maximum atomic E-state index is 12.1. The van der Waals surface area contributed by atoms with Gasteiger partial charge in [-0.2, -0.15) is 0 Å². The fourth-order valence-electron chi connectivity index (χ4n) is 1.89. The highest BCUT2D eigenvalue weighted by Crippen LogP contribution is 2.31. The van der Waals surface area contributed by atoms with E-state index < -0.39 is 0 Å². The van der Waals surface area contributed by atoms with Crippen LogP contribution >= 0.6 is 22.9 Å². The zero-order chi connectivity index (χ0) is 13.8. The Morgan fingerprint density at radius 2 is 2.05 bits per heavy atom. The first kappa shape index (κ1) is 14.0. The first-order valence-corrected chi connectivity index (χ1v) is 7.21. The summed E-state index contributed by atoms with van der Waals surface area (Å²) in [6.45, 7) is 4.32. The zero-order valence-electron chi connectivity index (χ0n) is 10.8. The van der Waals surface area contributed by atoms with E-state index in [0.717, 1.165) is 16.1 Å². The van der Waals surface area contributed by atoms with Gasteiger partial charge in [0.25, 0.3) is 0 Å². The number of aromatic nitrogens is 2. The highest BCUT2D eigenvalue weighted by Gasteiger charge is 2.21. The predicted octanol–water partition coefficient (Wildman–Crippen LogP) is 2.93. The van der Waals surface area contributed by atoms with Crippen LogP contribution in [0.15, 0.2) is 23.8 Å². The first-order valence-electron chi connectivity index (χ1n) is 5.80. The lowest BCUT2D eigenvalue weighted by atomic mass is 10.2. The van der Waals surface area contributed by atoms with Gasteiger partial charge in [0.1, 0.15) is 11.7 Å². The molecule has 0 aliphatic heterocycles. The van der Waals surface area contributed by atoms with E-state index in [2.05, 4.69) is 9.97 Å². The third kappa shape index (κ3) is 3.11. The summed E-state index contributed by atoms with van der Waals surface area (Å²) in [7, 11) is 0. The van der Waals surface area contributed by atoms with Crippen molar-refractivity contribution in [3.8, 4) is 0 Å². The Morgan fingerprint density at radius 1 is 1.37 bits per heavy atom. The molecule has 19 heavy (non-hydrogen) atoms. The lowest BCUT2D eigenvalue weighted by molar-refractivity contribution is -0.116. The van der Waals surface area contributed by atoms with Crippen LogP contribution in [0.2, 0.25) is 0 Å². The molecule has 1 amide bonds. The average Bonchev–Trinajstić information content (AvgIpc) is 2.76. The molecule has 0 aliphatic rings. The lowest BCUT2D eigenvalue weighted by Gasteiger charge is -2.22. The molecule has 0 spiro atoms. The molecule has 0 unspecified atom stereocenters. The normalized spacial score (nSPS) is 10.5. The molecule has 2 aromatic heterocycles. The number of anilines is 1. The van der Waals surface area contributed by atoms with Gasteiger partial charge in [-0.05, 0) is 30.9 Å². The van der Waals surface area contributed by atoms with Gasteiger partial charge in [-0.15, -0.1) is 22.9 Å². The number of alkyl halides is 1. The number of nitrogens with zero attached hydrogens (tertiary/aromatic N) is 3. The average molecular weight is 296 g/mol. The van der Waals surface area contributed by atoms with E-state index in [1.165, 1.54) is 0 Å². The van der Waals surface area contributed by atoms with Gasteiger partial charge in [-0.25, -0.2) is 9.97 Å². The number of carbonyl (C=O) groups excluding carboxylic acids is 1. The fourth-order valence-corrected chi connectivity index (χ4v) is 2.88. The van der Waals surface area contributed by atoms with Crippen LogP contribution in [0, 0.1) is 13.8 Å². The Bertz CT molecular complexity index is 551. The number of carbonyl (C=O) groups is 1.